The van der Waals surface area contributed by atoms with E-state index in [1.807, 2.05) is 12.1 Å². The molecule has 0 spiro atoms. The predicted molar refractivity (Wildman–Crippen MR) is 75.3 cm³/mol. The van der Waals surface area contributed by atoms with Gasteiger partial charge in [0, 0.05) is 12.1 Å². The Hall–Kier alpha value is -2.43. The van der Waals surface area contributed by atoms with Crippen molar-refractivity contribution in [3.8, 4) is 0 Å². The smallest absolute Gasteiger partial charge is 0.306 e. The average Bonchev–Trinajstić information content (AvgIpc) is 2.46. The van der Waals surface area contributed by atoms with Gasteiger partial charge in [0.05, 0.1) is 0 Å². The molecular weight excluding hydrogens is 276 g/mol. The van der Waals surface area contributed by atoms with E-state index in [2.05, 4.69) is 0 Å². The minimum Gasteiger partial charge on any atom is -0.461 e. The second-order valence-electron chi connectivity index (χ2n) is 4.65. The first-order valence-electron chi connectivity index (χ1n) is 6.48. The Morgan fingerprint density at radius 2 is 1.86 bits per heavy atom. The Bertz CT molecular complexity index is 644. The van der Waals surface area contributed by atoms with Crippen molar-refractivity contribution in [2.75, 3.05) is 5.73 Å². The molecule has 5 heteroatoms. The number of halogens is 2. The van der Waals surface area contributed by atoms with Gasteiger partial charge in [-0.1, -0.05) is 18.2 Å². The van der Waals surface area contributed by atoms with Crippen LogP contribution in [0.25, 0.3) is 0 Å². The zero-order valence-electron chi connectivity index (χ0n) is 11.3. The normalized spacial score (nSPS) is 10.4. The van der Waals surface area contributed by atoms with Gasteiger partial charge in [-0.25, -0.2) is 8.78 Å². The third-order valence-corrected chi connectivity index (χ3v) is 2.95. The van der Waals surface area contributed by atoms with Crippen LogP contribution in [-0.4, -0.2) is 5.97 Å². The van der Waals surface area contributed by atoms with E-state index in [1.54, 1.807) is 12.1 Å². The van der Waals surface area contributed by atoms with Crippen LogP contribution < -0.4 is 5.73 Å². The zero-order valence-corrected chi connectivity index (χ0v) is 11.3. The molecule has 0 unspecified atom stereocenters. The topological polar surface area (TPSA) is 52.3 Å². The molecule has 21 heavy (non-hydrogen) atoms. The molecule has 2 N–H and O–H groups in total. The average molecular weight is 291 g/mol. The van der Waals surface area contributed by atoms with Gasteiger partial charge >= 0.3 is 5.97 Å². The van der Waals surface area contributed by atoms with Gasteiger partial charge in [0.25, 0.3) is 0 Å². The summed E-state index contributed by atoms with van der Waals surface area (Å²) in [5.74, 6) is -2.28. The Kier molecular flexibility index (Phi) is 4.87. The van der Waals surface area contributed by atoms with E-state index in [9.17, 15) is 13.6 Å². The van der Waals surface area contributed by atoms with Gasteiger partial charge in [-0.3, -0.25) is 4.79 Å². The summed E-state index contributed by atoms with van der Waals surface area (Å²) in [7, 11) is 0. The van der Waals surface area contributed by atoms with Gasteiger partial charge in [-0.05, 0) is 41.8 Å². The van der Waals surface area contributed by atoms with Crippen molar-refractivity contribution < 1.29 is 18.3 Å². The SMILES string of the molecule is Nc1cccc(CCC(=O)OCc2ccc(F)c(F)c2)c1. The second-order valence-corrected chi connectivity index (χ2v) is 4.65. The van der Waals surface area contributed by atoms with Crippen LogP contribution in [-0.2, 0) is 22.6 Å². The maximum atomic E-state index is 13.0. The number of ether oxygens (including phenoxy) is 1. The fraction of sp³-hybridized carbons (Fsp3) is 0.188. The monoisotopic (exact) mass is 291 g/mol. The highest BCUT2D eigenvalue weighted by Gasteiger charge is 2.07. The Labute approximate surface area is 121 Å². The number of rotatable bonds is 5. The fourth-order valence-corrected chi connectivity index (χ4v) is 1.86. The van der Waals surface area contributed by atoms with Crippen molar-refractivity contribution in [3.63, 3.8) is 0 Å². The maximum absolute atomic E-state index is 13.0. The third kappa shape index (κ3) is 4.56. The Morgan fingerprint density at radius 1 is 1.05 bits per heavy atom. The van der Waals surface area contributed by atoms with Crippen molar-refractivity contribution in [1.29, 1.82) is 0 Å². The predicted octanol–water partition coefficient (Wildman–Crippen LogP) is 3.22. The Morgan fingerprint density at radius 3 is 2.57 bits per heavy atom. The first-order chi connectivity index (χ1) is 10.0. The van der Waals surface area contributed by atoms with Gasteiger partial charge < -0.3 is 10.5 Å². The lowest BCUT2D eigenvalue weighted by atomic mass is 10.1. The van der Waals surface area contributed by atoms with Crippen LogP contribution in [0.1, 0.15) is 17.5 Å². The summed E-state index contributed by atoms with van der Waals surface area (Å²) in [6.07, 6.45) is 0.717. The quantitative estimate of drug-likeness (QED) is 0.679. The molecule has 0 aliphatic heterocycles. The molecule has 0 heterocycles. The number of carbonyl (C=O) groups excluding carboxylic acids is 1. The van der Waals surface area contributed by atoms with Crippen LogP contribution in [0.5, 0.6) is 0 Å². The number of aryl methyl sites for hydroxylation is 1. The Balaban J connectivity index is 1.80. The van der Waals surface area contributed by atoms with E-state index in [0.717, 1.165) is 17.7 Å². The van der Waals surface area contributed by atoms with Crippen LogP contribution in [0.4, 0.5) is 14.5 Å². The highest BCUT2D eigenvalue weighted by molar-refractivity contribution is 5.69. The van der Waals surface area contributed by atoms with E-state index < -0.39 is 17.6 Å². The van der Waals surface area contributed by atoms with Gasteiger partial charge in [0.2, 0.25) is 0 Å². The van der Waals surface area contributed by atoms with Crippen LogP contribution in [0.2, 0.25) is 0 Å². The van der Waals surface area contributed by atoms with Crippen molar-refractivity contribution in [2.24, 2.45) is 0 Å². The molecule has 2 aromatic carbocycles. The molecule has 3 nitrogen and oxygen atoms in total. The summed E-state index contributed by atoms with van der Waals surface area (Å²) >= 11 is 0. The number of anilines is 1. The molecule has 0 saturated carbocycles. The molecule has 0 bridgehead atoms. The molecule has 0 atom stereocenters. The number of nitrogens with two attached hydrogens (primary N) is 1. The summed E-state index contributed by atoms with van der Waals surface area (Å²) in [6.45, 7) is -0.0764. The highest BCUT2D eigenvalue weighted by Crippen LogP contribution is 2.12. The fourth-order valence-electron chi connectivity index (χ4n) is 1.86. The van der Waals surface area contributed by atoms with Gasteiger partial charge in [-0.15, -0.1) is 0 Å². The van der Waals surface area contributed by atoms with Crippen LogP contribution in [0.3, 0.4) is 0 Å². The van der Waals surface area contributed by atoms with E-state index in [1.165, 1.54) is 6.07 Å². The number of nitrogen functional groups attached to an aromatic ring is 1. The second kappa shape index (κ2) is 6.83. The van der Waals surface area contributed by atoms with E-state index in [0.29, 0.717) is 17.7 Å². The van der Waals surface area contributed by atoms with E-state index in [-0.39, 0.29) is 13.0 Å². The molecule has 0 radical (unpaired) electrons. The molecular formula is C16H15F2NO2. The number of benzene rings is 2. The highest BCUT2D eigenvalue weighted by atomic mass is 19.2. The van der Waals surface area contributed by atoms with E-state index >= 15 is 0 Å². The zero-order chi connectivity index (χ0) is 15.2. The van der Waals surface area contributed by atoms with Gasteiger partial charge in [0.15, 0.2) is 11.6 Å². The number of esters is 1. The first-order valence-corrected chi connectivity index (χ1v) is 6.48. The molecule has 110 valence electrons. The number of hydrogen-bond acceptors (Lipinski definition) is 3. The molecule has 2 rings (SSSR count). The lowest BCUT2D eigenvalue weighted by molar-refractivity contribution is -0.144. The maximum Gasteiger partial charge on any atom is 0.306 e. The number of carbonyl (C=O) groups is 1. The summed E-state index contributed by atoms with van der Waals surface area (Å²) in [4.78, 5) is 11.6. The van der Waals surface area contributed by atoms with Crippen molar-refractivity contribution >= 4 is 11.7 Å². The van der Waals surface area contributed by atoms with Crippen LogP contribution in [0.15, 0.2) is 42.5 Å². The van der Waals surface area contributed by atoms with E-state index in [4.69, 9.17) is 10.5 Å². The molecule has 0 aliphatic rings. The standard InChI is InChI=1S/C16H15F2NO2/c17-14-6-4-12(9-15(14)18)10-21-16(20)7-5-11-2-1-3-13(19)8-11/h1-4,6,8-9H,5,7,10,19H2. The summed E-state index contributed by atoms with van der Waals surface area (Å²) in [5, 5.41) is 0. The third-order valence-electron chi connectivity index (χ3n) is 2.95. The van der Waals surface area contributed by atoms with Crippen LogP contribution in [0, 0.1) is 11.6 Å². The summed E-state index contributed by atoms with van der Waals surface area (Å²) < 4.78 is 30.7. The largest absolute Gasteiger partial charge is 0.461 e. The lowest BCUT2D eigenvalue weighted by Gasteiger charge is -2.06. The minimum absolute atomic E-state index is 0.0764. The molecule has 2 aromatic rings. The first kappa shape index (κ1) is 15.0. The van der Waals surface area contributed by atoms with Crippen LogP contribution >= 0.6 is 0 Å². The summed E-state index contributed by atoms with van der Waals surface area (Å²) in [5.41, 5.74) is 7.64. The minimum atomic E-state index is -0.955. The lowest BCUT2D eigenvalue weighted by Crippen LogP contribution is -2.06. The molecule has 0 aromatic heterocycles. The molecule has 0 aliphatic carbocycles. The number of hydrogen-bond donors (Lipinski definition) is 1. The van der Waals surface area contributed by atoms with Gasteiger partial charge in [-0.2, -0.15) is 0 Å². The molecule has 0 amide bonds. The van der Waals surface area contributed by atoms with Crippen molar-refractivity contribution in [2.45, 2.75) is 19.4 Å². The van der Waals surface area contributed by atoms with Crippen molar-refractivity contribution in [3.05, 3.63) is 65.2 Å². The molecule has 0 saturated heterocycles. The summed E-state index contributed by atoms with van der Waals surface area (Å²) in [6, 6.07) is 10.7. The van der Waals surface area contributed by atoms with Crippen molar-refractivity contribution in [1.82, 2.24) is 0 Å². The van der Waals surface area contributed by atoms with Gasteiger partial charge in [0.1, 0.15) is 6.61 Å². The molecule has 0 fully saturated rings.